The molecule has 1 aromatic carbocycles. The normalized spacial score (nSPS) is 10.7. The van der Waals surface area contributed by atoms with E-state index >= 15 is 0 Å². The number of rotatable bonds is 7. The molecule has 0 bridgehead atoms. The molecule has 98 valence electrons. The highest BCUT2D eigenvalue weighted by Gasteiger charge is 1.97. The molecule has 0 amide bonds. The lowest BCUT2D eigenvalue weighted by Gasteiger charge is -2.01. The number of esters is 1. The zero-order chi connectivity index (χ0) is 13.2. The van der Waals surface area contributed by atoms with Crippen molar-refractivity contribution in [2.75, 3.05) is 12.3 Å². The Kier molecular flexibility index (Phi) is 6.62. The van der Waals surface area contributed by atoms with Crippen LogP contribution in [0, 0.1) is 0 Å². The maximum Gasteiger partial charge on any atom is 0.330 e. The number of carbonyl (C=O) groups is 1. The van der Waals surface area contributed by atoms with Crippen molar-refractivity contribution in [3.63, 3.8) is 0 Å². The van der Waals surface area contributed by atoms with Gasteiger partial charge in [0.25, 0.3) is 0 Å². The van der Waals surface area contributed by atoms with Crippen LogP contribution in [0.15, 0.2) is 30.3 Å². The molecule has 3 heteroatoms. The molecule has 0 spiro atoms. The first kappa shape index (κ1) is 14.3. The third kappa shape index (κ3) is 6.09. The molecule has 1 rings (SSSR count). The fourth-order valence-corrected chi connectivity index (χ4v) is 1.58. The van der Waals surface area contributed by atoms with Gasteiger partial charge in [-0.1, -0.05) is 38.3 Å². The second-order valence-corrected chi connectivity index (χ2v) is 4.23. The van der Waals surface area contributed by atoms with E-state index in [0.717, 1.165) is 18.4 Å². The van der Waals surface area contributed by atoms with Crippen LogP contribution in [0.25, 0.3) is 6.08 Å². The smallest absolute Gasteiger partial charge is 0.330 e. The van der Waals surface area contributed by atoms with Crippen LogP contribution in [-0.4, -0.2) is 12.6 Å². The zero-order valence-corrected chi connectivity index (χ0v) is 10.9. The van der Waals surface area contributed by atoms with Gasteiger partial charge >= 0.3 is 5.97 Å². The number of ether oxygens (including phenoxy) is 1. The average Bonchev–Trinajstić information content (AvgIpc) is 2.36. The Balaban J connectivity index is 2.27. The molecular formula is C15H21NO2. The molecule has 0 aliphatic rings. The molecular weight excluding hydrogens is 226 g/mol. The first-order chi connectivity index (χ1) is 8.72. The molecule has 0 heterocycles. The van der Waals surface area contributed by atoms with Crippen LogP contribution in [0.1, 0.15) is 38.2 Å². The van der Waals surface area contributed by atoms with E-state index in [2.05, 4.69) is 6.92 Å². The van der Waals surface area contributed by atoms with E-state index in [0.29, 0.717) is 12.3 Å². The molecule has 0 saturated carbocycles. The summed E-state index contributed by atoms with van der Waals surface area (Å²) in [5, 5.41) is 0. The van der Waals surface area contributed by atoms with Crippen molar-refractivity contribution in [3.8, 4) is 0 Å². The van der Waals surface area contributed by atoms with Gasteiger partial charge in [-0.05, 0) is 30.2 Å². The van der Waals surface area contributed by atoms with E-state index < -0.39 is 0 Å². The van der Waals surface area contributed by atoms with Gasteiger partial charge < -0.3 is 10.5 Å². The topological polar surface area (TPSA) is 52.3 Å². The van der Waals surface area contributed by atoms with Crippen molar-refractivity contribution >= 4 is 17.7 Å². The number of nitrogen functional groups attached to an aromatic ring is 1. The number of unbranched alkanes of at least 4 members (excludes halogenated alkanes) is 3. The van der Waals surface area contributed by atoms with Crippen LogP contribution >= 0.6 is 0 Å². The molecule has 0 fully saturated rings. The van der Waals surface area contributed by atoms with Crippen molar-refractivity contribution in [3.05, 3.63) is 35.9 Å². The summed E-state index contributed by atoms with van der Waals surface area (Å²) < 4.78 is 5.08. The molecule has 0 unspecified atom stereocenters. The number of benzene rings is 1. The number of hydrogen-bond donors (Lipinski definition) is 1. The molecule has 2 N–H and O–H groups in total. The number of nitrogens with two attached hydrogens (primary N) is 1. The fraction of sp³-hybridized carbons (Fsp3) is 0.400. The highest BCUT2D eigenvalue weighted by atomic mass is 16.5. The minimum atomic E-state index is -0.297. The molecule has 0 aliphatic carbocycles. The van der Waals surface area contributed by atoms with E-state index in [9.17, 15) is 4.79 Å². The second-order valence-electron chi connectivity index (χ2n) is 4.23. The van der Waals surface area contributed by atoms with Crippen LogP contribution in [0.3, 0.4) is 0 Å². The van der Waals surface area contributed by atoms with Crippen LogP contribution in [0.2, 0.25) is 0 Å². The fourth-order valence-electron chi connectivity index (χ4n) is 1.58. The Labute approximate surface area is 109 Å². The van der Waals surface area contributed by atoms with Crippen molar-refractivity contribution in [2.24, 2.45) is 0 Å². The van der Waals surface area contributed by atoms with Gasteiger partial charge in [0.2, 0.25) is 0 Å². The van der Waals surface area contributed by atoms with Crippen LogP contribution in [0.5, 0.6) is 0 Å². The van der Waals surface area contributed by atoms with E-state index in [4.69, 9.17) is 10.5 Å². The molecule has 0 aromatic heterocycles. The van der Waals surface area contributed by atoms with Gasteiger partial charge in [0.1, 0.15) is 0 Å². The van der Waals surface area contributed by atoms with Crippen LogP contribution < -0.4 is 5.73 Å². The maximum absolute atomic E-state index is 11.4. The van der Waals surface area contributed by atoms with Crippen LogP contribution in [0.4, 0.5) is 5.69 Å². The van der Waals surface area contributed by atoms with Gasteiger partial charge in [-0.3, -0.25) is 0 Å². The highest BCUT2D eigenvalue weighted by Crippen LogP contribution is 2.08. The van der Waals surface area contributed by atoms with Crippen molar-refractivity contribution in [2.45, 2.75) is 32.6 Å². The zero-order valence-electron chi connectivity index (χ0n) is 10.9. The predicted octanol–water partition coefficient (Wildman–Crippen LogP) is 3.41. The standard InChI is InChI=1S/C15H21NO2/c1-2-3-4-5-11-18-15(17)10-9-13-7-6-8-14(16)12-13/h6-10,12H,2-5,11,16H2,1H3/b10-9+. The molecule has 0 saturated heterocycles. The summed E-state index contributed by atoms with van der Waals surface area (Å²) in [6, 6.07) is 7.36. The number of anilines is 1. The van der Waals surface area contributed by atoms with Gasteiger partial charge in [0.15, 0.2) is 0 Å². The maximum atomic E-state index is 11.4. The summed E-state index contributed by atoms with van der Waals surface area (Å²) in [6.45, 7) is 2.65. The van der Waals surface area contributed by atoms with Crippen molar-refractivity contribution in [1.82, 2.24) is 0 Å². The lowest BCUT2D eigenvalue weighted by Crippen LogP contribution is -2.02. The third-order valence-electron chi connectivity index (χ3n) is 2.56. The van der Waals surface area contributed by atoms with Crippen LogP contribution in [-0.2, 0) is 9.53 Å². The monoisotopic (exact) mass is 247 g/mol. The van der Waals surface area contributed by atoms with Crippen molar-refractivity contribution in [1.29, 1.82) is 0 Å². The average molecular weight is 247 g/mol. The molecule has 3 nitrogen and oxygen atoms in total. The second kappa shape index (κ2) is 8.34. The van der Waals surface area contributed by atoms with E-state index in [-0.39, 0.29) is 5.97 Å². The Bertz CT molecular complexity index is 399. The van der Waals surface area contributed by atoms with Crippen molar-refractivity contribution < 1.29 is 9.53 Å². The summed E-state index contributed by atoms with van der Waals surface area (Å²) in [5.74, 6) is -0.297. The quantitative estimate of drug-likeness (QED) is 0.348. The Morgan fingerprint density at radius 3 is 2.89 bits per heavy atom. The van der Waals surface area contributed by atoms with Gasteiger partial charge in [-0.25, -0.2) is 4.79 Å². The van der Waals surface area contributed by atoms with Gasteiger partial charge in [-0.2, -0.15) is 0 Å². The first-order valence-corrected chi connectivity index (χ1v) is 6.42. The predicted molar refractivity (Wildman–Crippen MR) is 75.0 cm³/mol. The molecule has 0 atom stereocenters. The lowest BCUT2D eigenvalue weighted by molar-refractivity contribution is -0.137. The van der Waals surface area contributed by atoms with E-state index in [1.54, 1.807) is 6.08 Å². The first-order valence-electron chi connectivity index (χ1n) is 6.42. The Hall–Kier alpha value is -1.77. The minimum absolute atomic E-state index is 0.297. The number of hydrogen-bond acceptors (Lipinski definition) is 3. The van der Waals surface area contributed by atoms with Gasteiger partial charge in [0.05, 0.1) is 6.61 Å². The van der Waals surface area contributed by atoms with Gasteiger partial charge in [-0.15, -0.1) is 0 Å². The third-order valence-corrected chi connectivity index (χ3v) is 2.56. The summed E-state index contributed by atoms with van der Waals surface area (Å²) in [5.41, 5.74) is 7.23. The van der Waals surface area contributed by atoms with E-state index in [1.165, 1.54) is 18.9 Å². The largest absolute Gasteiger partial charge is 0.463 e. The van der Waals surface area contributed by atoms with Gasteiger partial charge in [0, 0.05) is 11.8 Å². The Morgan fingerprint density at radius 2 is 2.17 bits per heavy atom. The molecule has 0 radical (unpaired) electrons. The number of carbonyl (C=O) groups excluding carboxylic acids is 1. The SMILES string of the molecule is CCCCCCOC(=O)/C=C/c1cccc(N)c1. The Morgan fingerprint density at radius 1 is 1.33 bits per heavy atom. The highest BCUT2D eigenvalue weighted by molar-refractivity contribution is 5.87. The summed E-state index contributed by atoms with van der Waals surface area (Å²) in [4.78, 5) is 11.4. The lowest BCUT2D eigenvalue weighted by atomic mass is 10.2. The minimum Gasteiger partial charge on any atom is -0.463 e. The van der Waals surface area contributed by atoms with E-state index in [1.807, 2.05) is 24.3 Å². The summed E-state index contributed by atoms with van der Waals surface area (Å²) in [6.07, 6.45) is 7.58. The summed E-state index contributed by atoms with van der Waals surface area (Å²) >= 11 is 0. The summed E-state index contributed by atoms with van der Waals surface area (Å²) in [7, 11) is 0. The molecule has 18 heavy (non-hydrogen) atoms. The molecule has 1 aromatic rings. The molecule has 0 aliphatic heterocycles.